The third-order valence-electron chi connectivity index (χ3n) is 3.51. The van der Waals surface area contributed by atoms with Gasteiger partial charge in [0.1, 0.15) is 5.75 Å². The van der Waals surface area contributed by atoms with E-state index in [2.05, 4.69) is 30.9 Å². The fourth-order valence-electron chi connectivity index (χ4n) is 2.28. The molecule has 1 saturated heterocycles. The molecular formula is C14H22N2OS. The molecule has 2 rings (SSSR count). The molecule has 0 saturated carbocycles. The van der Waals surface area contributed by atoms with Gasteiger partial charge in [-0.2, -0.15) is 11.8 Å². The predicted octanol–water partition coefficient (Wildman–Crippen LogP) is 3.00. The molecule has 18 heavy (non-hydrogen) atoms. The molecule has 0 radical (unpaired) electrons. The molecule has 1 aromatic carbocycles. The van der Waals surface area contributed by atoms with Crippen LogP contribution in [0.4, 0.5) is 11.4 Å². The van der Waals surface area contributed by atoms with E-state index in [9.17, 15) is 0 Å². The number of thioether (sulfide) groups is 1. The number of hydrogen-bond acceptors (Lipinski definition) is 4. The Morgan fingerprint density at radius 3 is 2.94 bits per heavy atom. The van der Waals surface area contributed by atoms with Gasteiger partial charge >= 0.3 is 0 Å². The Balaban J connectivity index is 2.24. The normalized spacial score (nSPS) is 24.1. The summed E-state index contributed by atoms with van der Waals surface area (Å²) in [6.45, 7) is 8.30. The number of anilines is 2. The van der Waals surface area contributed by atoms with Crippen LogP contribution in [0, 0.1) is 0 Å². The van der Waals surface area contributed by atoms with E-state index < -0.39 is 0 Å². The first kappa shape index (κ1) is 13.4. The van der Waals surface area contributed by atoms with Gasteiger partial charge in [-0.3, -0.25) is 0 Å². The zero-order valence-electron chi connectivity index (χ0n) is 11.3. The third-order valence-corrected chi connectivity index (χ3v) is 4.85. The van der Waals surface area contributed by atoms with Crippen LogP contribution in [-0.4, -0.2) is 30.2 Å². The zero-order valence-corrected chi connectivity index (χ0v) is 12.2. The van der Waals surface area contributed by atoms with Crippen LogP contribution in [0.25, 0.3) is 0 Å². The van der Waals surface area contributed by atoms with Crippen LogP contribution in [-0.2, 0) is 0 Å². The lowest BCUT2D eigenvalue weighted by Crippen LogP contribution is -2.44. The molecule has 1 fully saturated rings. The van der Waals surface area contributed by atoms with Crippen molar-refractivity contribution in [1.82, 2.24) is 0 Å². The minimum Gasteiger partial charge on any atom is -0.492 e. The van der Waals surface area contributed by atoms with Crippen LogP contribution in [0.3, 0.4) is 0 Å². The third kappa shape index (κ3) is 2.69. The number of rotatable bonds is 3. The van der Waals surface area contributed by atoms with Gasteiger partial charge in [-0.25, -0.2) is 0 Å². The highest BCUT2D eigenvalue weighted by Gasteiger charge is 2.25. The molecular weight excluding hydrogens is 244 g/mol. The number of benzene rings is 1. The Labute approximate surface area is 114 Å². The average Bonchev–Trinajstić information content (AvgIpc) is 2.36. The highest BCUT2D eigenvalue weighted by Crippen LogP contribution is 2.33. The SMILES string of the molecule is CCOc1cc(N2CCSC(C)C2C)ccc1N. The molecule has 2 unspecified atom stereocenters. The molecule has 3 nitrogen and oxygen atoms in total. The van der Waals surface area contributed by atoms with Crippen molar-refractivity contribution in [2.24, 2.45) is 0 Å². The Morgan fingerprint density at radius 1 is 1.44 bits per heavy atom. The monoisotopic (exact) mass is 266 g/mol. The van der Waals surface area contributed by atoms with Gasteiger partial charge in [0, 0.05) is 35.3 Å². The van der Waals surface area contributed by atoms with E-state index in [4.69, 9.17) is 10.5 Å². The van der Waals surface area contributed by atoms with Crippen LogP contribution < -0.4 is 15.4 Å². The van der Waals surface area contributed by atoms with Crippen LogP contribution in [0.2, 0.25) is 0 Å². The Hall–Kier alpha value is -1.03. The molecule has 0 bridgehead atoms. The zero-order chi connectivity index (χ0) is 13.1. The Morgan fingerprint density at radius 2 is 2.22 bits per heavy atom. The maximum Gasteiger partial charge on any atom is 0.144 e. The fraction of sp³-hybridized carbons (Fsp3) is 0.571. The number of nitrogen functional groups attached to an aromatic ring is 1. The minimum absolute atomic E-state index is 0.543. The van der Waals surface area contributed by atoms with E-state index in [1.807, 2.05) is 24.8 Å². The smallest absolute Gasteiger partial charge is 0.144 e. The standard InChI is InChI=1S/C14H22N2OS/c1-4-17-14-9-12(5-6-13(14)15)16-7-8-18-11(3)10(16)2/h5-6,9-11H,4,7-8,15H2,1-3H3. The second-order valence-corrected chi connectivity index (χ2v) is 6.15. The van der Waals surface area contributed by atoms with E-state index in [0.717, 1.165) is 12.3 Å². The number of nitrogens with two attached hydrogens (primary N) is 1. The van der Waals surface area contributed by atoms with Crippen LogP contribution >= 0.6 is 11.8 Å². The summed E-state index contributed by atoms with van der Waals surface area (Å²) in [7, 11) is 0. The van der Waals surface area contributed by atoms with Gasteiger partial charge < -0.3 is 15.4 Å². The molecule has 0 spiro atoms. The summed E-state index contributed by atoms with van der Waals surface area (Å²) in [5, 5.41) is 0.659. The lowest BCUT2D eigenvalue weighted by Gasteiger charge is -2.39. The van der Waals surface area contributed by atoms with Gasteiger partial charge in [-0.05, 0) is 26.0 Å². The molecule has 0 aromatic heterocycles. The van der Waals surface area contributed by atoms with Gasteiger partial charge in [0.15, 0.2) is 0 Å². The molecule has 0 amide bonds. The second-order valence-electron chi connectivity index (χ2n) is 4.67. The van der Waals surface area contributed by atoms with E-state index in [1.165, 1.54) is 11.4 Å². The molecule has 0 aliphatic carbocycles. The van der Waals surface area contributed by atoms with Crippen molar-refractivity contribution in [2.75, 3.05) is 29.5 Å². The summed E-state index contributed by atoms with van der Waals surface area (Å²) in [6, 6.07) is 6.65. The summed E-state index contributed by atoms with van der Waals surface area (Å²) < 4.78 is 5.57. The topological polar surface area (TPSA) is 38.5 Å². The van der Waals surface area contributed by atoms with Gasteiger partial charge in [0.05, 0.1) is 12.3 Å². The summed E-state index contributed by atoms with van der Waals surface area (Å²) in [5.41, 5.74) is 7.85. The molecule has 2 N–H and O–H groups in total. The summed E-state index contributed by atoms with van der Waals surface area (Å²) in [5.74, 6) is 1.98. The lowest BCUT2D eigenvalue weighted by atomic mass is 10.1. The average molecular weight is 266 g/mol. The first-order valence-corrected chi connectivity index (χ1v) is 7.59. The van der Waals surface area contributed by atoms with Crippen molar-refractivity contribution in [3.63, 3.8) is 0 Å². The largest absolute Gasteiger partial charge is 0.492 e. The minimum atomic E-state index is 0.543. The van der Waals surface area contributed by atoms with Crippen molar-refractivity contribution in [3.05, 3.63) is 18.2 Å². The Bertz CT molecular complexity index is 411. The maximum atomic E-state index is 5.92. The molecule has 1 aliphatic rings. The summed E-state index contributed by atoms with van der Waals surface area (Å²) in [4.78, 5) is 2.45. The van der Waals surface area contributed by atoms with Gasteiger partial charge in [0.2, 0.25) is 0 Å². The van der Waals surface area contributed by atoms with Gasteiger partial charge in [0.25, 0.3) is 0 Å². The number of nitrogens with zero attached hydrogens (tertiary/aromatic N) is 1. The summed E-state index contributed by atoms with van der Waals surface area (Å²) in [6.07, 6.45) is 0. The highest BCUT2D eigenvalue weighted by molar-refractivity contribution is 8.00. The highest BCUT2D eigenvalue weighted by atomic mass is 32.2. The van der Waals surface area contributed by atoms with Crippen LogP contribution in [0.1, 0.15) is 20.8 Å². The van der Waals surface area contributed by atoms with Crippen molar-refractivity contribution in [3.8, 4) is 5.75 Å². The van der Waals surface area contributed by atoms with E-state index >= 15 is 0 Å². The predicted molar refractivity (Wildman–Crippen MR) is 80.8 cm³/mol. The second kappa shape index (κ2) is 5.74. The van der Waals surface area contributed by atoms with Crippen molar-refractivity contribution < 1.29 is 4.74 Å². The molecule has 100 valence electrons. The first-order chi connectivity index (χ1) is 8.63. The first-order valence-electron chi connectivity index (χ1n) is 6.54. The van der Waals surface area contributed by atoms with Crippen LogP contribution in [0.5, 0.6) is 5.75 Å². The number of ether oxygens (including phenoxy) is 1. The molecule has 4 heteroatoms. The maximum absolute atomic E-state index is 5.92. The van der Waals surface area contributed by atoms with Gasteiger partial charge in [-0.15, -0.1) is 0 Å². The fourth-order valence-corrected chi connectivity index (χ4v) is 3.38. The number of hydrogen-bond donors (Lipinski definition) is 1. The van der Waals surface area contributed by atoms with Gasteiger partial charge in [-0.1, -0.05) is 6.92 Å². The molecule has 1 aliphatic heterocycles. The van der Waals surface area contributed by atoms with Crippen molar-refractivity contribution >= 4 is 23.1 Å². The van der Waals surface area contributed by atoms with E-state index in [1.54, 1.807) is 0 Å². The van der Waals surface area contributed by atoms with Crippen molar-refractivity contribution in [1.29, 1.82) is 0 Å². The molecule has 2 atom stereocenters. The molecule has 1 heterocycles. The molecule has 1 aromatic rings. The van der Waals surface area contributed by atoms with Crippen LogP contribution in [0.15, 0.2) is 18.2 Å². The van der Waals surface area contributed by atoms with E-state index in [0.29, 0.717) is 23.6 Å². The summed E-state index contributed by atoms with van der Waals surface area (Å²) >= 11 is 2.04. The quantitative estimate of drug-likeness (QED) is 0.854. The van der Waals surface area contributed by atoms with E-state index in [-0.39, 0.29) is 0 Å². The lowest BCUT2D eigenvalue weighted by molar-refractivity contribution is 0.342. The van der Waals surface area contributed by atoms with Crippen molar-refractivity contribution in [2.45, 2.75) is 32.1 Å². The Kier molecular flexibility index (Phi) is 4.27.